The molecule has 0 atom stereocenters. The number of anilines is 2. The lowest BCUT2D eigenvalue weighted by molar-refractivity contribution is 0.415. The van der Waals surface area contributed by atoms with E-state index in [1.165, 1.54) is 12.1 Å². The minimum Gasteiger partial charge on any atom is -0.497 e. The van der Waals surface area contributed by atoms with Gasteiger partial charge in [0.05, 0.1) is 23.7 Å². The molecule has 0 bridgehead atoms. The fourth-order valence-electron chi connectivity index (χ4n) is 2.78. The normalized spacial score (nSPS) is 11.8. The Morgan fingerprint density at radius 2 is 2.00 bits per heavy atom. The van der Waals surface area contributed by atoms with Crippen molar-refractivity contribution in [1.29, 1.82) is 0 Å². The van der Waals surface area contributed by atoms with E-state index in [9.17, 15) is 8.42 Å². The summed E-state index contributed by atoms with van der Waals surface area (Å²) in [6.07, 6.45) is 1.71. The number of nitrogens with one attached hydrogen (secondary N) is 2. The molecule has 0 saturated heterocycles. The smallest absolute Gasteiger partial charge is 0.238 e. The van der Waals surface area contributed by atoms with Gasteiger partial charge in [-0.25, -0.2) is 18.5 Å². The standard InChI is InChI=1S/C17H15N5O3S/c1-25-11-5-6-15-13(8-11)14-9-19-22-16(14)17(21-15)20-10-3-2-4-12(7-10)26(18,23)24/h2-9H,1H3,(H,19,22)(H,20,21)(H2,18,23,24). The highest BCUT2D eigenvalue weighted by Crippen LogP contribution is 2.31. The zero-order valence-corrected chi connectivity index (χ0v) is 14.5. The second kappa shape index (κ2) is 5.97. The molecule has 0 unspecified atom stereocenters. The second-order valence-corrected chi connectivity index (χ2v) is 7.26. The van der Waals surface area contributed by atoms with Crippen molar-refractivity contribution in [3.8, 4) is 5.75 Å². The van der Waals surface area contributed by atoms with Gasteiger partial charge < -0.3 is 10.1 Å². The Morgan fingerprint density at radius 3 is 2.77 bits per heavy atom. The minimum absolute atomic E-state index is 0.0221. The average Bonchev–Trinajstić information content (AvgIpc) is 3.11. The van der Waals surface area contributed by atoms with Crippen LogP contribution in [-0.4, -0.2) is 30.7 Å². The Kier molecular flexibility index (Phi) is 3.74. The zero-order valence-electron chi connectivity index (χ0n) is 13.7. The van der Waals surface area contributed by atoms with Crippen molar-refractivity contribution in [2.45, 2.75) is 4.90 Å². The van der Waals surface area contributed by atoms with Crippen LogP contribution in [0.2, 0.25) is 0 Å². The Balaban J connectivity index is 1.85. The number of benzene rings is 2. The third kappa shape index (κ3) is 2.83. The van der Waals surface area contributed by atoms with E-state index in [4.69, 9.17) is 9.88 Å². The van der Waals surface area contributed by atoms with Gasteiger partial charge in [-0.2, -0.15) is 5.10 Å². The molecule has 2 heterocycles. The summed E-state index contributed by atoms with van der Waals surface area (Å²) >= 11 is 0. The summed E-state index contributed by atoms with van der Waals surface area (Å²) in [7, 11) is -2.18. The Bertz CT molecular complexity index is 1230. The van der Waals surface area contributed by atoms with E-state index in [-0.39, 0.29) is 4.90 Å². The van der Waals surface area contributed by atoms with Gasteiger partial charge in [-0.15, -0.1) is 0 Å². The fraction of sp³-hybridized carbons (Fsp3) is 0.0588. The molecule has 0 amide bonds. The predicted octanol–water partition coefficient (Wildman–Crippen LogP) is 2.51. The molecule has 4 N–H and O–H groups in total. The molecular formula is C17H15N5O3S. The Hall–Kier alpha value is -3.17. The van der Waals surface area contributed by atoms with Crippen LogP contribution in [-0.2, 0) is 10.0 Å². The number of H-pyrrole nitrogens is 1. The highest BCUT2D eigenvalue weighted by Gasteiger charge is 2.13. The minimum atomic E-state index is -3.79. The second-order valence-electron chi connectivity index (χ2n) is 5.70. The van der Waals surface area contributed by atoms with Crippen molar-refractivity contribution in [2.75, 3.05) is 12.4 Å². The number of nitrogens with two attached hydrogens (primary N) is 1. The molecule has 0 aliphatic carbocycles. The van der Waals surface area contributed by atoms with Crippen LogP contribution < -0.4 is 15.2 Å². The summed E-state index contributed by atoms with van der Waals surface area (Å²) in [5, 5.41) is 17.1. The monoisotopic (exact) mass is 369 g/mol. The molecule has 4 rings (SSSR count). The largest absolute Gasteiger partial charge is 0.497 e. The summed E-state index contributed by atoms with van der Waals surface area (Å²) in [5.41, 5.74) is 2.00. The van der Waals surface area contributed by atoms with E-state index in [1.54, 1.807) is 25.4 Å². The number of nitrogens with zero attached hydrogens (tertiary/aromatic N) is 2. The van der Waals surface area contributed by atoms with Gasteiger partial charge in [0, 0.05) is 16.5 Å². The van der Waals surface area contributed by atoms with Gasteiger partial charge in [-0.05, 0) is 36.4 Å². The van der Waals surface area contributed by atoms with Crippen LogP contribution in [0, 0.1) is 0 Å². The number of primary sulfonamides is 1. The van der Waals surface area contributed by atoms with E-state index in [1.807, 2.05) is 18.2 Å². The molecule has 132 valence electrons. The van der Waals surface area contributed by atoms with Crippen molar-refractivity contribution >= 4 is 43.3 Å². The molecule has 26 heavy (non-hydrogen) atoms. The summed E-state index contributed by atoms with van der Waals surface area (Å²) in [6.45, 7) is 0. The molecule has 0 saturated carbocycles. The van der Waals surface area contributed by atoms with Crippen molar-refractivity contribution in [3.63, 3.8) is 0 Å². The SMILES string of the molecule is COc1ccc2nc(Nc3cccc(S(N)(=O)=O)c3)c3[nH]ncc3c2c1. The number of pyridine rings is 1. The van der Waals surface area contributed by atoms with Gasteiger partial charge in [0.2, 0.25) is 10.0 Å². The topological polar surface area (TPSA) is 123 Å². The van der Waals surface area contributed by atoms with Crippen molar-refractivity contribution in [3.05, 3.63) is 48.7 Å². The number of sulfonamides is 1. The predicted molar refractivity (Wildman–Crippen MR) is 99.0 cm³/mol. The first kappa shape index (κ1) is 16.3. The lowest BCUT2D eigenvalue weighted by Gasteiger charge is -2.10. The van der Waals surface area contributed by atoms with Crippen LogP contribution in [0.4, 0.5) is 11.5 Å². The Morgan fingerprint density at radius 1 is 1.15 bits per heavy atom. The number of rotatable bonds is 4. The highest BCUT2D eigenvalue weighted by molar-refractivity contribution is 7.89. The van der Waals surface area contributed by atoms with Crippen LogP contribution in [0.1, 0.15) is 0 Å². The van der Waals surface area contributed by atoms with Gasteiger partial charge in [0.1, 0.15) is 11.3 Å². The molecule has 8 nitrogen and oxygen atoms in total. The van der Waals surface area contributed by atoms with E-state index in [0.29, 0.717) is 17.0 Å². The molecule has 4 aromatic rings. The molecular weight excluding hydrogens is 354 g/mol. The van der Waals surface area contributed by atoms with E-state index in [0.717, 1.165) is 22.0 Å². The molecule has 2 aromatic heterocycles. The summed E-state index contributed by atoms with van der Waals surface area (Å²) in [4.78, 5) is 4.64. The molecule has 0 aliphatic heterocycles. The van der Waals surface area contributed by atoms with Crippen LogP contribution in [0.25, 0.3) is 21.8 Å². The number of aromatic nitrogens is 3. The summed E-state index contributed by atoms with van der Waals surface area (Å²) in [5.74, 6) is 1.25. The van der Waals surface area contributed by atoms with Crippen molar-refractivity contribution < 1.29 is 13.2 Å². The molecule has 2 aromatic carbocycles. The number of hydrogen-bond acceptors (Lipinski definition) is 6. The summed E-state index contributed by atoms with van der Waals surface area (Å²) in [6, 6.07) is 11.8. The van der Waals surface area contributed by atoms with Gasteiger partial charge in [0.25, 0.3) is 0 Å². The lowest BCUT2D eigenvalue weighted by Crippen LogP contribution is -2.12. The quantitative estimate of drug-likeness (QED) is 0.508. The summed E-state index contributed by atoms with van der Waals surface area (Å²) < 4.78 is 28.4. The van der Waals surface area contributed by atoms with Crippen LogP contribution >= 0.6 is 0 Å². The van der Waals surface area contributed by atoms with E-state index < -0.39 is 10.0 Å². The van der Waals surface area contributed by atoms with Crippen molar-refractivity contribution in [2.24, 2.45) is 5.14 Å². The number of fused-ring (bicyclic) bond motifs is 3. The molecule has 0 aliphatic rings. The van der Waals surface area contributed by atoms with E-state index in [2.05, 4.69) is 20.5 Å². The first-order valence-electron chi connectivity index (χ1n) is 7.66. The maximum absolute atomic E-state index is 11.6. The van der Waals surface area contributed by atoms with Gasteiger partial charge in [0.15, 0.2) is 5.82 Å². The number of methoxy groups -OCH3 is 1. The highest BCUT2D eigenvalue weighted by atomic mass is 32.2. The van der Waals surface area contributed by atoms with Crippen LogP contribution in [0.15, 0.2) is 53.6 Å². The number of aromatic amines is 1. The maximum Gasteiger partial charge on any atom is 0.238 e. The van der Waals surface area contributed by atoms with Gasteiger partial charge in [-0.3, -0.25) is 5.10 Å². The maximum atomic E-state index is 11.6. The molecule has 0 spiro atoms. The first-order chi connectivity index (χ1) is 12.5. The lowest BCUT2D eigenvalue weighted by atomic mass is 10.1. The molecule has 9 heteroatoms. The number of hydrogen-bond donors (Lipinski definition) is 3. The first-order valence-corrected chi connectivity index (χ1v) is 9.21. The number of ether oxygens (including phenoxy) is 1. The third-order valence-corrected chi connectivity index (χ3v) is 4.94. The molecule has 0 fully saturated rings. The average molecular weight is 369 g/mol. The third-order valence-electron chi connectivity index (χ3n) is 4.03. The van der Waals surface area contributed by atoms with Crippen LogP contribution in [0.3, 0.4) is 0 Å². The van der Waals surface area contributed by atoms with Gasteiger partial charge in [-0.1, -0.05) is 6.07 Å². The zero-order chi connectivity index (χ0) is 18.3. The van der Waals surface area contributed by atoms with Gasteiger partial charge >= 0.3 is 0 Å². The van der Waals surface area contributed by atoms with Crippen LogP contribution in [0.5, 0.6) is 5.75 Å². The Labute approximate surface area is 149 Å². The fourth-order valence-corrected chi connectivity index (χ4v) is 3.34. The van der Waals surface area contributed by atoms with Crippen molar-refractivity contribution in [1.82, 2.24) is 15.2 Å². The van der Waals surface area contributed by atoms with E-state index >= 15 is 0 Å². The molecule has 0 radical (unpaired) electrons.